The van der Waals surface area contributed by atoms with Gasteiger partial charge in [-0.1, -0.05) is 6.42 Å². The van der Waals surface area contributed by atoms with Gasteiger partial charge in [0.25, 0.3) is 5.91 Å². The van der Waals surface area contributed by atoms with Crippen molar-refractivity contribution in [3.8, 4) is 0 Å². The van der Waals surface area contributed by atoms with Gasteiger partial charge in [0, 0.05) is 55.1 Å². The van der Waals surface area contributed by atoms with Crippen LogP contribution < -0.4 is 16.0 Å². The third-order valence-corrected chi connectivity index (χ3v) is 6.94. The van der Waals surface area contributed by atoms with Crippen molar-refractivity contribution in [3.05, 3.63) is 41.6 Å². The molecule has 1 saturated heterocycles. The molecule has 1 aromatic heterocycles. The van der Waals surface area contributed by atoms with Gasteiger partial charge in [-0.15, -0.1) is 0 Å². The van der Waals surface area contributed by atoms with Crippen LogP contribution >= 0.6 is 0 Å². The van der Waals surface area contributed by atoms with Crippen molar-refractivity contribution >= 4 is 29.3 Å². The Morgan fingerprint density at radius 2 is 1.80 bits per heavy atom. The Labute approximate surface area is 206 Å². The van der Waals surface area contributed by atoms with Crippen LogP contribution in [-0.4, -0.2) is 66.1 Å². The molecule has 2 heterocycles. The van der Waals surface area contributed by atoms with Crippen molar-refractivity contribution in [2.75, 3.05) is 50.0 Å². The van der Waals surface area contributed by atoms with E-state index in [2.05, 4.69) is 20.9 Å². The third-order valence-electron chi connectivity index (χ3n) is 6.94. The van der Waals surface area contributed by atoms with Crippen LogP contribution in [0, 0.1) is 5.92 Å². The molecule has 3 aliphatic rings. The van der Waals surface area contributed by atoms with E-state index in [4.69, 9.17) is 9.72 Å². The maximum atomic E-state index is 12.7. The van der Waals surface area contributed by atoms with Gasteiger partial charge in [-0.05, 0) is 62.3 Å². The zero-order chi connectivity index (χ0) is 24.0. The molecule has 186 valence electrons. The lowest BCUT2D eigenvalue weighted by molar-refractivity contribution is -0.127. The maximum Gasteiger partial charge on any atom is 0.254 e. The van der Waals surface area contributed by atoms with Crippen LogP contribution in [-0.2, 0) is 9.53 Å². The van der Waals surface area contributed by atoms with E-state index in [1.807, 2.05) is 35.4 Å². The monoisotopic (exact) mass is 478 g/mol. The summed E-state index contributed by atoms with van der Waals surface area (Å²) in [6, 6.07) is 7.42. The number of rotatable bonds is 10. The van der Waals surface area contributed by atoms with Crippen LogP contribution in [0.5, 0.6) is 0 Å². The fourth-order valence-electron chi connectivity index (χ4n) is 4.38. The maximum absolute atomic E-state index is 12.7. The number of morpholine rings is 1. The molecule has 2 aromatic rings. The van der Waals surface area contributed by atoms with Gasteiger partial charge in [0.05, 0.1) is 13.2 Å². The number of nitrogens with zero attached hydrogens (tertiary/aromatic N) is 3. The predicted molar refractivity (Wildman–Crippen MR) is 134 cm³/mol. The van der Waals surface area contributed by atoms with Gasteiger partial charge in [0.15, 0.2) is 0 Å². The van der Waals surface area contributed by atoms with E-state index < -0.39 is 0 Å². The molecule has 35 heavy (non-hydrogen) atoms. The average Bonchev–Trinajstić information content (AvgIpc) is 3.69. The topological polar surface area (TPSA) is 108 Å². The van der Waals surface area contributed by atoms with E-state index >= 15 is 0 Å². The molecule has 0 radical (unpaired) electrons. The Morgan fingerprint density at radius 1 is 1.03 bits per heavy atom. The van der Waals surface area contributed by atoms with Crippen molar-refractivity contribution in [3.63, 3.8) is 0 Å². The summed E-state index contributed by atoms with van der Waals surface area (Å²) in [5, 5.41) is 9.74. The number of anilines is 3. The molecule has 3 fully saturated rings. The molecule has 2 amide bonds. The summed E-state index contributed by atoms with van der Waals surface area (Å²) >= 11 is 0. The van der Waals surface area contributed by atoms with Gasteiger partial charge in [0.2, 0.25) is 11.9 Å². The second-order valence-corrected chi connectivity index (χ2v) is 9.58. The SMILES string of the molecule is O=C(NCCCNc1nc(Nc2ccc(C(=O)N3CCOCC3)cc2)ncc1C1CC1)C1CCC1. The highest BCUT2D eigenvalue weighted by Gasteiger charge is 2.28. The summed E-state index contributed by atoms with van der Waals surface area (Å²) in [7, 11) is 0. The van der Waals surface area contributed by atoms with Crippen molar-refractivity contribution in [2.45, 2.75) is 44.4 Å². The quantitative estimate of drug-likeness (QED) is 0.450. The molecule has 1 aliphatic heterocycles. The molecule has 2 aliphatic carbocycles. The van der Waals surface area contributed by atoms with Crippen LogP contribution in [0.2, 0.25) is 0 Å². The molecule has 2 saturated carbocycles. The van der Waals surface area contributed by atoms with Gasteiger partial charge in [0.1, 0.15) is 5.82 Å². The van der Waals surface area contributed by atoms with Gasteiger partial charge in [-0.3, -0.25) is 9.59 Å². The number of aromatic nitrogens is 2. The summed E-state index contributed by atoms with van der Waals surface area (Å²) in [5.74, 6) is 2.35. The van der Waals surface area contributed by atoms with E-state index in [1.165, 1.54) is 19.3 Å². The summed E-state index contributed by atoms with van der Waals surface area (Å²) in [6.45, 7) is 3.84. The zero-order valence-electron chi connectivity index (χ0n) is 20.1. The van der Waals surface area contributed by atoms with Crippen LogP contribution in [0.4, 0.5) is 17.5 Å². The lowest BCUT2D eigenvalue weighted by Crippen LogP contribution is -2.40. The Balaban J connectivity index is 1.15. The minimum atomic E-state index is 0.0280. The number of hydrogen-bond donors (Lipinski definition) is 3. The Kier molecular flexibility index (Phi) is 7.42. The fourth-order valence-corrected chi connectivity index (χ4v) is 4.38. The Hall–Kier alpha value is -3.20. The number of benzene rings is 1. The lowest BCUT2D eigenvalue weighted by atomic mass is 9.85. The first-order valence-corrected chi connectivity index (χ1v) is 12.8. The first-order chi connectivity index (χ1) is 17.2. The smallest absolute Gasteiger partial charge is 0.254 e. The highest BCUT2D eigenvalue weighted by atomic mass is 16.5. The average molecular weight is 479 g/mol. The summed E-state index contributed by atoms with van der Waals surface area (Å²) in [6.07, 6.45) is 8.31. The summed E-state index contributed by atoms with van der Waals surface area (Å²) in [5.41, 5.74) is 2.64. The van der Waals surface area contributed by atoms with E-state index in [9.17, 15) is 9.59 Å². The van der Waals surface area contributed by atoms with E-state index in [1.54, 1.807) is 0 Å². The number of nitrogens with one attached hydrogen (secondary N) is 3. The van der Waals surface area contributed by atoms with Crippen LogP contribution in [0.25, 0.3) is 0 Å². The van der Waals surface area contributed by atoms with Crippen LogP contribution in [0.3, 0.4) is 0 Å². The zero-order valence-corrected chi connectivity index (χ0v) is 20.1. The minimum Gasteiger partial charge on any atom is -0.378 e. The number of carbonyl (C=O) groups excluding carboxylic acids is 2. The first kappa shape index (κ1) is 23.5. The van der Waals surface area contributed by atoms with Gasteiger partial charge >= 0.3 is 0 Å². The van der Waals surface area contributed by atoms with E-state index in [-0.39, 0.29) is 17.7 Å². The second-order valence-electron chi connectivity index (χ2n) is 9.58. The highest BCUT2D eigenvalue weighted by molar-refractivity contribution is 5.94. The van der Waals surface area contributed by atoms with Crippen molar-refractivity contribution < 1.29 is 14.3 Å². The van der Waals surface area contributed by atoms with E-state index in [0.717, 1.165) is 42.9 Å². The van der Waals surface area contributed by atoms with Crippen molar-refractivity contribution in [1.29, 1.82) is 0 Å². The summed E-state index contributed by atoms with van der Waals surface area (Å²) in [4.78, 5) is 35.7. The lowest BCUT2D eigenvalue weighted by Gasteiger charge is -2.26. The number of hydrogen-bond acceptors (Lipinski definition) is 7. The molecule has 5 rings (SSSR count). The molecule has 0 atom stereocenters. The van der Waals surface area contributed by atoms with Crippen LogP contribution in [0.1, 0.15) is 60.4 Å². The molecule has 3 N–H and O–H groups in total. The number of ether oxygens (including phenoxy) is 1. The minimum absolute atomic E-state index is 0.0280. The van der Waals surface area contributed by atoms with Gasteiger partial charge in [-0.2, -0.15) is 4.98 Å². The van der Waals surface area contributed by atoms with Crippen molar-refractivity contribution in [1.82, 2.24) is 20.2 Å². The molecule has 0 unspecified atom stereocenters. The van der Waals surface area contributed by atoms with E-state index in [0.29, 0.717) is 50.3 Å². The molecule has 9 nitrogen and oxygen atoms in total. The molecular formula is C26H34N6O3. The Morgan fingerprint density at radius 3 is 2.49 bits per heavy atom. The standard InChI is InChI=1S/C26H34N6O3/c33-24(19-3-1-4-19)28-12-2-11-27-23-22(18-5-6-18)17-29-26(31-23)30-21-9-7-20(8-10-21)25(34)32-13-15-35-16-14-32/h7-10,17-19H,1-6,11-16H2,(H,28,33)(H2,27,29,30,31). The normalized spacial score (nSPS) is 18.0. The molecule has 0 bridgehead atoms. The van der Waals surface area contributed by atoms with Gasteiger partial charge < -0.3 is 25.6 Å². The molecule has 9 heteroatoms. The fraction of sp³-hybridized carbons (Fsp3) is 0.538. The molecular weight excluding hydrogens is 444 g/mol. The van der Waals surface area contributed by atoms with Crippen molar-refractivity contribution in [2.24, 2.45) is 5.92 Å². The third kappa shape index (κ3) is 6.08. The molecule has 0 spiro atoms. The summed E-state index contributed by atoms with van der Waals surface area (Å²) < 4.78 is 5.33. The van der Waals surface area contributed by atoms with Gasteiger partial charge in [-0.25, -0.2) is 4.98 Å². The molecule has 1 aromatic carbocycles. The first-order valence-electron chi connectivity index (χ1n) is 12.8. The van der Waals surface area contributed by atoms with Crippen LogP contribution in [0.15, 0.2) is 30.5 Å². The number of amides is 2. The predicted octanol–water partition coefficient (Wildman–Crippen LogP) is 3.29. The second kappa shape index (κ2) is 11.0. The highest BCUT2D eigenvalue weighted by Crippen LogP contribution is 2.42. The number of carbonyl (C=O) groups is 2. The Bertz CT molecular complexity index is 1030. The largest absolute Gasteiger partial charge is 0.378 e.